The van der Waals surface area contributed by atoms with Crippen molar-refractivity contribution in [2.75, 3.05) is 0 Å². The average molecular weight is 266 g/mol. The van der Waals surface area contributed by atoms with Crippen molar-refractivity contribution < 1.29 is 4.74 Å². The Morgan fingerprint density at radius 1 is 1.10 bits per heavy atom. The van der Waals surface area contributed by atoms with Gasteiger partial charge in [0, 0.05) is 6.54 Å². The summed E-state index contributed by atoms with van der Waals surface area (Å²) in [5.74, 6) is 1.30. The van der Waals surface area contributed by atoms with Crippen molar-refractivity contribution in [3.05, 3.63) is 59.2 Å². The second-order valence-electron chi connectivity index (χ2n) is 4.64. The van der Waals surface area contributed by atoms with E-state index in [1.54, 1.807) is 12.1 Å². The fraction of sp³-hybridized carbons (Fsp3) is 0.235. The first-order valence-corrected chi connectivity index (χ1v) is 6.76. The van der Waals surface area contributed by atoms with Crippen LogP contribution in [0.15, 0.2) is 42.5 Å². The molecule has 0 heterocycles. The molecule has 0 radical (unpaired) electrons. The Morgan fingerprint density at radius 3 is 2.40 bits per heavy atom. The lowest BCUT2D eigenvalue weighted by molar-refractivity contribution is 0.480. The molecule has 0 spiro atoms. The van der Waals surface area contributed by atoms with E-state index in [1.165, 1.54) is 5.56 Å². The second kappa shape index (κ2) is 6.74. The molecule has 2 N–H and O–H groups in total. The maximum Gasteiger partial charge on any atom is 0.145 e. The first kappa shape index (κ1) is 14.1. The molecule has 102 valence electrons. The second-order valence-corrected chi connectivity index (χ2v) is 4.64. The largest absolute Gasteiger partial charge is 0.456 e. The lowest BCUT2D eigenvalue weighted by Gasteiger charge is -2.09. The van der Waals surface area contributed by atoms with E-state index in [0.717, 1.165) is 24.2 Å². The SMILES string of the molecule is CCCc1ccc(Oc2ccc(CN)cc2C#N)cc1. The summed E-state index contributed by atoms with van der Waals surface area (Å²) in [6, 6.07) is 15.6. The number of ether oxygens (including phenoxy) is 1. The topological polar surface area (TPSA) is 59.0 Å². The highest BCUT2D eigenvalue weighted by Gasteiger charge is 2.06. The molecule has 0 unspecified atom stereocenters. The third-order valence-electron chi connectivity index (χ3n) is 3.09. The summed E-state index contributed by atoms with van der Waals surface area (Å²) in [6.45, 7) is 2.57. The molecule has 0 amide bonds. The Balaban J connectivity index is 2.19. The van der Waals surface area contributed by atoms with Gasteiger partial charge in [0.15, 0.2) is 0 Å². The molecular formula is C17H18N2O. The van der Waals surface area contributed by atoms with Gasteiger partial charge in [0.1, 0.15) is 17.6 Å². The van der Waals surface area contributed by atoms with Gasteiger partial charge in [0.25, 0.3) is 0 Å². The number of benzene rings is 2. The highest BCUT2D eigenvalue weighted by molar-refractivity contribution is 5.47. The number of hydrogen-bond donors (Lipinski definition) is 1. The zero-order chi connectivity index (χ0) is 14.4. The number of nitrogens with two attached hydrogens (primary N) is 1. The third kappa shape index (κ3) is 3.37. The Kier molecular flexibility index (Phi) is 4.75. The van der Waals surface area contributed by atoms with Gasteiger partial charge < -0.3 is 10.5 Å². The van der Waals surface area contributed by atoms with Gasteiger partial charge in [-0.1, -0.05) is 31.5 Å². The molecule has 3 heteroatoms. The van der Waals surface area contributed by atoms with Crippen molar-refractivity contribution in [1.29, 1.82) is 5.26 Å². The van der Waals surface area contributed by atoms with Crippen LogP contribution < -0.4 is 10.5 Å². The van der Waals surface area contributed by atoms with Crippen molar-refractivity contribution >= 4 is 0 Å². The van der Waals surface area contributed by atoms with Crippen LogP contribution in [0.25, 0.3) is 0 Å². The summed E-state index contributed by atoms with van der Waals surface area (Å²) in [5, 5.41) is 9.16. The van der Waals surface area contributed by atoms with Crippen LogP contribution in [0.1, 0.15) is 30.0 Å². The van der Waals surface area contributed by atoms with E-state index in [0.29, 0.717) is 17.9 Å². The molecule has 0 aromatic heterocycles. The van der Waals surface area contributed by atoms with E-state index in [-0.39, 0.29) is 0 Å². The lowest BCUT2D eigenvalue weighted by Crippen LogP contribution is -1.97. The Labute approximate surface area is 119 Å². The fourth-order valence-electron chi connectivity index (χ4n) is 2.02. The molecule has 0 atom stereocenters. The van der Waals surface area contributed by atoms with Crippen molar-refractivity contribution in [2.24, 2.45) is 5.73 Å². The van der Waals surface area contributed by atoms with E-state index in [1.807, 2.05) is 18.2 Å². The van der Waals surface area contributed by atoms with Crippen molar-refractivity contribution in [2.45, 2.75) is 26.3 Å². The normalized spacial score (nSPS) is 10.1. The van der Waals surface area contributed by atoms with Gasteiger partial charge in [-0.05, 0) is 41.8 Å². The van der Waals surface area contributed by atoms with E-state index < -0.39 is 0 Å². The van der Waals surface area contributed by atoms with Gasteiger partial charge in [-0.25, -0.2) is 0 Å². The highest BCUT2D eigenvalue weighted by Crippen LogP contribution is 2.26. The molecule has 2 rings (SSSR count). The summed E-state index contributed by atoms with van der Waals surface area (Å²) in [7, 11) is 0. The zero-order valence-electron chi connectivity index (χ0n) is 11.6. The number of nitriles is 1. The minimum absolute atomic E-state index is 0.417. The van der Waals surface area contributed by atoms with Crippen molar-refractivity contribution in [3.8, 4) is 17.6 Å². The minimum atomic E-state index is 0.417. The van der Waals surface area contributed by atoms with Crippen LogP contribution in [-0.4, -0.2) is 0 Å². The van der Waals surface area contributed by atoms with Gasteiger partial charge in [0.2, 0.25) is 0 Å². The highest BCUT2D eigenvalue weighted by atomic mass is 16.5. The van der Waals surface area contributed by atoms with Gasteiger partial charge in [-0.2, -0.15) is 5.26 Å². The van der Waals surface area contributed by atoms with Crippen LogP contribution >= 0.6 is 0 Å². The van der Waals surface area contributed by atoms with Crippen molar-refractivity contribution in [1.82, 2.24) is 0 Å². The van der Waals surface area contributed by atoms with E-state index in [4.69, 9.17) is 15.7 Å². The smallest absolute Gasteiger partial charge is 0.145 e. The monoisotopic (exact) mass is 266 g/mol. The summed E-state index contributed by atoms with van der Waals surface area (Å²) in [5.41, 5.74) is 8.29. The molecule has 0 saturated heterocycles. The molecule has 2 aromatic carbocycles. The number of rotatable bonds is 5. The lowest BCUT2D eigenvalue weighted by atomic mass is 10.1. The predicted octanol–water partition coefficient (Wildman–Crippen LogP) is 3.76. The Bertz CT molecular complexity index is 612. The average Bonchev–Trinajstić information content (AvgIpc) is 2.50. The van der Waals surface area contributed by atoms with Crippen LogP contribution in [-0.2, 0) is 13.0 Å². The quantitative estimate of drug-likeness (QED) is 0.896. The van der Waals surface area contributed by atoms with Crippen LogP contribution in [0.4, 0.5) is 0 Å². The molecule has 3 nitrogen and oxygen atoms in total. The Morgan fingerprint density at radius 2 is 1.80 bits per heavy atom. The first-order chi connectivity index (χ1) is 9.76. The predicted molar refractivity (Wildman–Crippen MR) is 79.6 cm³/mol. The molecule has 0 fully saturated rings. The first-order valence-electron chi connectivity index (χ1n) is 6.76. The van der Waals surface area contributed by atoms with Gasteiger partial charge in [-0.3, -0.25) is 0 Å². The Hall–Kier alpha value is -2.31. The fourth-order valence-corrected chi connectivity index (χ4v) is 2.02. The maximum atomic E-state index is 9.16. The van der Waals surface area contributed by atoms with E-state index in [2.05, 4.69) is 25.1 Å². The molecule has 0 aliphatic carbocycles. The summed E-state index contributed by atoms with van der Waals surface area (Å²) in [6.07, 6.45) is 2.19. The van der Waals surface area contributed by atoms with E-state index in [9.17, 15) is 0 Å². The van der Waals surface area contributed by atoms with Crippen LogP contribution in [0, 0.1) is 11.3 Å². The summed E-state index contributed by atoms with van der Waals surface area (Å²) in [4.78, 5) is 0. The number of nitrogens with zero attached hydrogens (tertiary/aromatic N) is 1. The summed E-state index contributed by atoms with van der Waals surface area (Å²) >= 11 is 0. The molecule has 0 saturated carbocycles. The molecule has 0 aliphatic rings. The van der Waals surface area contributed by atoms with Gasteiger partial charge in [0.05, 0.1) is 5.56 Å². The molecule has 2 aromatic rings. The van der Waals surface area contributed by atoms with Crippen LogP contribution in [0.2, 0.25) is 0 Å². The number of aryl methyl sites for hydroxylation is 1. The van der Waals surface area contributed by atoms with Crippen LogP contribution in [0.5, 0.6) is 11.5 Å². The van der Waals surface area contributed by atoms with Gasteiger partial charge >= 0.3 is 0 Å². The van der Waals surface area contributed by atoms with Crippen LogP contribution in [0.3, 0.4) is 0 Å². The zero-order valence-corrected chi connectivity index (χ0v) is 11.6. The van der Waals surface area contributed by atoms with Crippen molar-refractivity contribution in [3.63, 3.8) is 0 Å². The third-order valence-corrected chi connectivity index (χ3v) is 3.09. The minimum Gasteiger partial charge on any atom is -0.456 e. The maximum absolute atomic E-state index is 9.16. The molecule has 20 heavy (non-hydrogen) atoms. The molecule has 0 aliphatic heterocycles. The van der Waals surface area contributed by atoms with Gasteiger partial charge in [-0.15, -0.1) is 0 Å². The summed E-state index contributed by atoms with van der Waals surface area (Å²) < 4.78 is 5.77. The number of hydrogen-bond acceptors (Lipinski definition) is 3. The standard InChI is InChI=1S/C17H18N2O/c1-2-3-13-4-7-16(8-5-13)20-17-9-6-14(11-18)10-15(17)12-19/h4-10H,2-3,11,18H2,1H3. The molecular weight excluding hydrogens is 248 g/mol. The molecule has 0 bridgehead atoms. The van der Waals surface area contributed by atoms with E-state index >= 15 is 0 Å².